The molecule has 1 aromatic rings. The predicted molar refractivity (Wildman–Crippen MR) is 84.8 cm³/mol. The molecule has 1 fully saturated rings. The van der Waals surface area contributed by atoms with Gasteiger partial charge >= 0.3 is 0 Å². The van der Waals surface area contributed by atoms with E-state index < -0.39 is 0 Å². The van der Waals surface area contributed by atoms with Crippen LogP contribution in [0.15, 0.2) is 12.3 Å². The quantitative estimate of drug-likeness (QED) is 0.835. The second-order valence-corrected chi connectivity index (χ2v) is 5.85. The lowest BCUT2D eigenvalue weighted by Crippen LogP contribution is -2.18. The Hall–Kier alpha value is -1.45. The number of hydrogen-bond donors (Lipinski definition) is 1. The minimum atomic E-state index is 0.685. The molecule has 1 aliphatic carbocycles. The van der Waals surface area contributed by atoms with Crippen LogP contribution in [0, 0.1) is 5.92 Å². The van der Waals surface area contributed by atoms with E-state index in [0.29, 0.717) is 5.88 Å². The van der Waals surface area contributed by atoms with E-state index >= 15 is 0 Å². The Kier molecular flexibility index (Phi) is 5.50. The van der Waals surface area contributed by atoms with Crippen LogP contribution in [0.4, 0.5) is 11.4 Å². The van der Waals surface area contributed by atoms with Gasteiger partial charge in [-0.2, -0.15) is 0 Å². The van der Waals surface area contributed by atoms with Crippen LogP contribution in [0.1, 0.15) is 38.5 Å². The Balaban J connectivity index is 2.07. The van der Waals surface area contributed by atoms with Gasteiger partial charge in [0.1, 0.15) is 5.69 Å². The number of nitrogens with zero attached hydrogens (tertiary/aromatic N) is 2. The molecular weight excluding hydrogens is 250 g/mol. The molecular formula is C16H27N3O. The zero-order chi connectivity index (χ0) is 14.4. The predicted octanol–water partition coefficient (Wildman–Crippen LogP) is 3.54. The lowest BCUT2D eigenvalue weighted by Gasteiger charge is -2.22. The van der Waals surface area contributed by atoms with Gasteiger partial charge in [0.05, 0.1) is 12.8 Å². The Morgan fingerprint density at radius 1 is 1.25 bits per heavy atom. The molecule has 1 aliphatic rings. The third-order valence-corrected chi connectivity index (χ3v) is 4.11. The van der Waals surface area contributed by atoms with Crippen molar-refractivity contribution in [2.24, 2.45) is 5.92 Å². The molecule has 4 heteroatoms. The second-order valence-electron chi connectivity index (χ2n) is 5.85. The average molecular weight is 277 g/mol. The van der Waals surface area contributed by atoms with Gasteiger partial charge in [-0.3, -0.25) is 0 Å². The molecule has 0 unspecified atom stereocenters. The molecule has 0 amide bonds. The highest BCUT2D eigenvalue weighted by molar-refractivity contribution is 5.74. The number of rotatable bonds is 5. The minimum Gasteiger partial charge on any atom is -0.479 e. The topological polar surface area (TPSA) is 37.4 Å². The molecule has 2 rings (SSSR count). The van der Waals surface area contributed by atoms with E-state index in [1.165, 1.54) is 38.5 Å². The highest BCUT2D eigenvalue weighted by atomic mass is 16.5. The lowest BCUT2D eigenvalue weighted by atomic mass is 10.0. The van der Waals surface area contributed by atoms with E-state index in [0.717, 1.165) is 23.8 Å². The first kappa shape index (κ1) is 14.9. The van der Waals surface area contributed by atoms with Crippen molar-refractivity contribution in [2.45, 2.75) is 38.5 Å². The molecule has 0 aliphatic heterocycles. The van der Waals surface area contributed by atoms with Crippen LogP contribution < -0.4 is 15.0 Å². The van der Waals surface area contributed by atoms with E-state index in [1.54, 1.807) is 13.3 Å². The summed E-state index contributed by atoms with van der Waals surface area (Å²) >= 11 is 0. The second kappa shape index (κ2) is 7.36. The molecule has 1 saturated carbocycles. The Morgan fingerprint density at radius 2 is 1.95 bits per heavy atom. The smallest absolute Gasteiger partial charge is 0.239 e. The fourth-order valence-electron chi connectivity index (χ4n) is 2.94. The van der Waals surface area contributed by atoms with Crippen molar-refractivity contribution in [3.05, 3.63) is 12.3 Å². The van der Waals surface area contributed by atoms with Crippen LogP contribution in [-0.2, 0) is 0 Å². The lowest BCUT2D eigenvalue weighted by molar-refractivity contribution is 0.399. The molecule has 1 aromatic heterocycles. The molecule has 4 nitrogen and oxygen atoms in total. The molecule has 1 N–H and O–H groups in total. The van der Waals surface area contributed by atoms with Crippen molar-refractivity contribution in [3.63, 3.8) is 0 Å². The van der Waals surface area contributed by atoms with Crippen LogP contribution in [0.2, 0.25) is 0 Å². The molecule has 20 heavy (non-hydrogen) atoms. The fourth-order valence-corrected chi connectivity index (χ4v) is 2.94. The first-order valence-corrected chi connectivity index (χ1v) is 7.66. The van der Waals surface area contributed by atoms with Gasteiger partial charge in [-0.05, 0) is 24.8 Å². The average Bonchev–Trinajstić information content (AvgIpc) is 2.73. The summed E-state index contributed by atoms with van der Waals surface area (Å²) < 4.78 is 5.40. The maximum absolute atomic E-state index is 5.40. The summed E-state index contributed by atoms with van der Waals surface area (Å²) in [5.74, 6) is 1.46. The summed E-state index contributed by atoms with van der Waals surface area (Å²) in [5.41, 5.74) is 2.15. The molecule has 0 atom stereocenters. The van der Waals surface area contributed by atoms with E-state index in [2.05, 4.69) is 15.2 Å². The number of pyridine rings is 1. The van der Waals surface area contributed by atoms with Crippen molar-refractivity contribution >= 4 is 11.4 Å². The SMILES string of the molecule is COc1nccc(N(C)C)c1NCC1CCCCCC1. The van der Waals surface area contributed by atoms with E-state index in [1.807, 2.05) is 20.2 Å². The monoisotopic (exact) mass is 277 g/mol. The summed E-state index contributed by atoms with van der Waals surface area (Å²) in [7, 11) is 5.77. The third kappa shape index (κ3) is 3.78. The van der Waals surface area contributed by atoms with Gasteiger partial charge in [-0.1, -0.05) is 25.7 Å². The molecule has 0 spiro atoms. The molecule has 0 saturated heterocycles. The maximum atomic E-state index is 5.40. The van der Waals surface area contributed by atoms with Crippen molar-refractivity contribution in [2.75, 3.05) is 38.0 Å². The molecule has 0 bridgehead atoms. The zero-order valence-corrected chi connectivity index (χ0v) is 13.0. The third-order valence-electron chi connectivity index (χ3n) is 4.11. The summed E-state index contributed by atoms with van der Waals surface area (Å²) in [4.78, 5) is 6.41. The minimum absolute atomic E-state index is 0.685. The van der Waals surface area contributed by atoms with Gasteiger partial charge in [0.2, 0.25) is 5.88 Å². The van der Waals surface area contributed by atoms with Gasteiger partial charge in [0.15, 0.2) is 0 Å². The molecule has 0 radical (unpaired) electrons. The van der Waals surface area contributed by atoms with Crippen molar-refractivity contribution in [3.8, 4) is 5.88 Å². The summed E-state index contributed by atoms with van der Waals surface area (Å²) in [5, 5.41) is 3.58. The highest BCUT2D eigenvalue weighted by Crippen LogP contribution is 2.33. The standard InChI is InChI=1S/C16H27N3O/c1-19(2)14-10-11-17-16(20-3)15(14)18-12-13-8-6-4-5-7-9-13/h10-11,13,18H,4-9,12H2,1-3H3. The van der Waals surface area contributed by atoms with Gasteiger partial charge in [0, 0.05) is 26.8 Å². The fraction of sp³-hybridized carbons (Fsp3) is 0.688. The number of methoxy groups -OCH3 is 1. The largest absolute Gasteiger partial charge is 0.479 e. The van der Waals surface area contributed by atoms with E-state index in [4.69, 9.17) is 4.74 Å². The van der Waals surface area contributed by atoms with Crippen molar-refractivity contribution in [1.82, 2.24) is 4.98 Å². The Labute approximate surface area is 122 Å². The number of nitrogens with one attached hydrogen (secondary N) is 1. The number of ether oxygens (including phenoxy) is 1. The van der Waals surface area contributed by atoms with E-state index in [-0.39, 0.29) is 0 Å². The first-order chi connectivity index (χ1) is 9.72. The van der Waals surface area contributed by atoms with Crippen molar-refractivity contribution < 1.29 is 4.74 Å². The van der Waals surface area contributed by atoms with Gasteiger partial charge in [0.25, 0.3) is 0 Å². The Morgan fingerprint density at radius 3 is 2.55 bits per heavy atom. The normalized spacial score (nSPS) is 16.6. The van der Waals surface area contributed by atoms with Gasteiger partial charge in [-0.15, -0.1) is 0 Å². The number of aromatic nitrogens is 1. The summed E-state index contributed by atoms with van der Waals surface area (Å²) in [6.45, 7) is 1.02. The van der Waals surface area contributed by atoms with Crippen LogP contribution in [0.5, 0.6) is 5.88 Å². The molecule has 112 valence electrons. The zero-order valence-electron chi connectivity index (χ0n) is 13.0. The van der Waals surface area contributed by atoms with Gasteiger partial charge in [-0.25, -0.2) is 4.98 Å². The Bertz CT molecular complexity index is 412. The molecule has 1 heterocycles. The van der Waals surface area contributed by atoms with E-state index in [9.17, 15) is 0 Å². The summed E-state index contributed by atoms with van der Waals surface area (Å²) in [6.07, 6.45) is 10.0. The first-order valence-electron chi connectivity index (χ1n) is 7.66. The van der Waals surface area contributed by atoms with Crippen LogP contribution in [-0.4, -0.2) is 32.7 Å². The number of hydrogen-bond acceptors (Lipinski definition) is 4. The van der Waals surface area contributed by atoms with Crippen LogP contribution in [0.25, 0.3) is 0 Å². The van der Waals surface area contributed by atoms with Crippen LogP contribution >= 0.6 is 0 Å². The van der Waals surface area contributed by atoms with Gasteiger partial charge < -0.3 is 15.0 Å². The van der Waals surface area contributed by atoms with Crippen LogP contribution in [0.3, 0.4) is 0 Å². The summed E-state index contributed by atoms with van der Waals surface area (Å²) in [6, 6.07) is 2.03. The van der Waals surface area contributed by atoms with Crippen molar-refractivity contribution in [1.29, 1.82) is 0 Å². The number of anilines is 2. The highest BCUT2D eigenvalue weighted by Gasteiger charge is 2.16. The maximum Gasteiger partial charge on any atom is 0.239 e. The molecule has 0 aromatic carbocycles.